The van der Waals surface area contributed by atoms with Crippen molar-refractivity contribution >= 4 is 21.9 Å². The molecule has 0 saturated heterocycles. The average molecular weight is 422 g/mol. The highest BCUT2D eigenvalue weighted by Gasteiger charge is 2.55. The van der Waals surface area contributed by atoms with Crippen molar-refractivity contribution in [3.05, 3.63) is 84.7 Å². The number of fused-ring (bicyclic) bond motifs is 6. The van der Waals surface area contributed by atoms with Gasteiger partial charge in [-0.3, -0.25) is 0 Å². The summed E-state index contributed by atoms with van der Waals surface area (Å²) in [7, 11) is 0. The van der Waals surface area contributed by atoms with E-state index in [1.807, 2.05) is 6.07 Å². The first-order chi connectivity index (χ1) is 15.5. The summed E-state index contributed by atoms with van der Waals surface area (Å²) >= 11 is 0. The zero-order valence-corrected chi connectivity index (χ0v) is 19.2. The average Bonchev–Trinajstić information content (AvgIpc) is 3.45. The molecule has 3 heteroatoms. The molecule has 0 N–H and O–H groups in total. The number of benzene rings is 3. The van der Waals surface area contributed by atoms with Crippen molar-refractivity contribution in [2.75, 3.05) is 0 Å². The smallest absolute Gasteiger partial charge is 0.294 e. The molecule has 0 radical (unpaired) electrons. The fourth-order valence-corrected chi connectivity index (χ4v) is 6.01. The molecule has 5 aromatic rings. The summed E-state index contributed by atoms with van der Waals surface area (Å²) in [6, 6.07) is 23.7. The van der Waals surface area contributed by atoms with Gasteiger partial charge in [0.05, 0.1) is 5.56 Å². The van der Waals surface area contributed by atoms with Gasteiger partial charge in [0, 0.05) is 16.2 Å². The van der Waals surface area contributed by atoms with Gasteiger partial charge in [-0.1, -0.05) is 69.3 Å². The van der Waals surface area contributed by atoms with Crippen molar-refractivity contribution in [2.24, 2.45) is 0 Å². The monoisotopic (exact) mass is 421 g/mol. The summed E-state index contributed by atoms with van der Waals surface area (Å²) in [5.41, 5.74) is 5.71. The van der Waals surface area contributed by atoms with E-state index < -0.39 is 0 Å². The summed E-state index contributed by atoms with van der Waals surface area (Å²) in [6.45, 7) is 9.49. The van der Waals surface area contributed by atoms with Gasteiger partial charge in [0.15, 0.2) is 11.3 Å². The molecule has 1 aliphatic heterocycles. The molecule has 0 bridgehead atoms. The van der Waals surface area contributed by atoms with Crippen LogP contribution in [0.2, 0.25) is 0 Å². The van der Waals surface area contributed by atoms with E-state index in [1.165, 1.54) is 17.0 Å². The minimum absolute atomic E-state index is 0.0293. The quantitative estimate of drug-likeness (QED) is 0.284. The van der Waals surface area contributed by atoms with Crippen LogP contribution >= 0.6 is 0 Å². The Hall–Kier alpha value is -3.33. The van der Waals surface area contributed by atoms with E-state index in [0.29, 0.717) is 0 Å². The van der Waals surface area contributed by atoms with Crippen LogP contribution in [0.25, 0.3) is 39.0 Å². The number of furan rings is 1. The van der Waals surface area contributed by atoms with Crippen LogP contribution in [0.15, 0.2) is 83.5 Å². The second kappa shape index (κ2) is 6.59. The Morgan fingerprint density at radius 1 is 0.844 bits per heavy atom. The molecule has 0 amide bonds. The van der Waals surface area contributed by atoms with Gasteiger partial charge in [-0.2, -0.15) is 4.57 Å². The van der Waals surface area contributed by atoms with Crippen LogP contribution in [-0.4, -0.2) is 4.57 Å². The predicted octanol–water partition coefficient (Wildman–Crippen LogP) is 7.14. The number of para-hydroxylation sites is 2. The third-order valence-corrected chi connectivity index (χ3v) is 8.34. The predicted molar refractivity (Wildman–Crippen MR) is 130 cm³/mol. The van der Waals surface area contributed by atoms with E-state index >= 15 is 0 Å². The molecule has 2 unspecified atom stereocenters. The van der Waals surface area contributed by atoms with Crippen molar-refractivity contribution in [3.63, 3.8) is 0 Å². The van der Waals surface area contributed by atoms with E-state index in [0.717, 1.165) is 40.5 Å². The molecule has 3 aromatic carbocycles. The van der Waals surface area contributed by atoms with Gasteiger partial charge in [0.2, 0.25) is 0 Å². The maximum atomic E-state index is 6.40. The molecular weight excluding hydrogens is 392 g/mol. The molecule has 1 aliphatic rings. The first-order valence-electron chi connectivity index (χ1n) is 11.7. The number of nitrogens with zero attached hydrogens (tertiary/aromatic N) is 2. The van der Waals surface area contributed by atoms with E-state index in [2.05, 4.69) is 110 Å². The Balaban J connectivity index is 1.70. The summed E-state index contributed by atoms with van der Waals surface area (Å²) in [4.78, 5) is 0. The van der Waals surface area contributed by atoms with Gasteiger partial charge < -0.3 is 4.42 Å². The summed E-state index contributed by atoms with van der Waals surface area (Å²) in [6.07, 6.45) is 6.63. The van der Waals surface area contributed by atoms with E-state index in [9.17, 15) is 0 Å². The van der Waals surface area contributed by atoms with Crippen molar-refractivity contribution in [1.29, 1.82) is 0 Å². The minimum atomic E-state index is -0.0293. The lowest BCUT2D eigenvalue weighted by Crippen LogP contribution is -2.67. The third kappa shape index (κ3) is 2.24. The van der Waals surface area contributed by atoms with Crippen molar-refractivity contribution in [3.8, 4) is 17.1 Å². The lowest BCUT2D eigenvalue weighted by atomic mass is 9.61. The van der Waals surface area contributed by atoms with Crippen molar-refractivity contribution < 1.29 is 8.98 Å². The lowest BCUT2D eigenvalue weighted by Gasteiger charge is -2.47. The highest BCUT2D eigenvalue weighted by molar-refractivity contribution is 6.07. The van der Waals surface area contributed by atoms with E-state index in [-0.39, 0.29) is 11.0 Å². The second-order valence-electron chi connectivity index (χ2n) is 9.47. The molecule has 32 heavy (non-hydrogen) atoms. The van der Waals surface area contributed by atoms with E-state index in [4.69, 9.17) is 4.42 Å². The minimum Gasteiger partial charge on any atom is -0.452 e. The molecule has 0 fully saturated rings. The molecule has 3 nitrogen and oxygen atoms in total. The molecule has 2 atom stereocenters. The first kappa shape index (κ1) is 19.4. The Morgan fingerprint density at radius 3 is 2.41 bits per heavy atom. The maximum absolute atomic E-state index is 6.40. The SMILES string of the molecule is CCC1(C)c2ccccc2-c2n(-c3cccc4c3oc3ccccc34)cc[n+]2C1(C)CC. The maximum Gasteiger partial charge on any atom is 0.294 e. The molecule has 0 saturated carbocycles. The highest BCUT2D eigenvalue weighted by atomic mass is 16.3. The largest absolute Gasteiger partial charge is 0.452 e. The van der Waals surface area contributed by atoms with Crippen LogP contribution in [0.4, 0.5) is 0 Å². The summed E-state index contributed by atoms with van der Waals surface area (Å²) < 4.78 is 11.2. The highest BCUT2D eigenvalue weighted by Crippen LogP contribution is 2.50. The molecule has 0 aliphatic carbocycles. The molecule has 2 aromatic heterocycles. The topological polar surface area (TPSA) is 21.9 Å². The van der Waals surface area contributed by atoms with Crippen LogP contribution in [0, 0.1) is 0 Å². The van der Waals surface area contributed by atoms with Gasteiger partial charge >= 0.3 is 0 Å². The number of aromatic nitrogens is 2. The van der Waals surface area contributed by atoms with Crippen LogP contribution < -0.4 is 4.57 Å². The lowest BCUT2D eigenvalue weighted by molar-refractivity contribution is -0.764. The Labute approximate surface area is 188 Å². The van der Waals surface area contributed by atoms with Gasteiger partial charge in [-0.05, 0) is 43.5 Å². The molecule has 6 rings (SSSR count). The van der Waals surface area contributed by atoms with Crippen LogP contribution in [-0.2, 0) is 11.0 Å². The standard InChI is InChI=1S/C29H29N2O/c1-5-28(3)23-15-9-7-13-22(23)27-30(18-19-31(27)29(28,4)6-2)24-16-11-14-21-20-12-8-10-17-25(20)32-26(21)24/h7-19H,5-6H2,1-4H3/q+1. The van der Waals surface area contributed by atoms with Crippen LogP contribution in [0.5, 0.6) is 0 Å². The second-order valence-corrected chi connectivity index (χ2v) is 9.47. The van der Waals surface area contributed by atoms with Crippen molar-refractivity contribution in [2.45, 2.75) is 51.5 Å². The Morgan fingerprint density at radius 2 is 1.59 bits per heavy atom. The molecule has 160 valence electrons. The molecule has 0 spiro atoms. The van der Waals surface area contributed by atoms with Gasteiger partial charge in [0.25, 0.3) is 5.82 Å². The number of hydrogen-bond donors (Lipinski definition) is 0. The van der Waals surface area contributed by atoms with Gasteiger partial charge in [-0.15, -0.1) is 0 Å². The fourth-order valence-electron chi connectivity index (χ4n) is 6.01. The first-order valence-corrected chi connectivity index (χ1v) is 11.7. The van der Waals surface area contributed by atoms with Gasteiger partial charge in [-0.25, -0.2) is 4.57 Å². The summed E-state index contributed by atoms with van der Waals surface area (Å²) in [5, 5.41) is 2.32. The third-order valence-electron chi connectivity index (χ3n) is 8.34. The summed E-state index contributed by atoms with van der Waals surface area (Å²) in [5.74, 6) is 1.23. The Bertz CT molecular complexity index is 1490. The number of rotatable bonds is 3. The van der Waals surface area contributed by atoms with Gasteiger partial charge in [0.1, 0.15) is 23.5 Å². The fraction of sp³-hybridized carbons (Fsp3) is 0.276. The van der Waals surface area contributed by atoms with Crippen LogP contribution in [0.1, 0.15) is 46.1 Å². The normalized spacial score (nSPS) is 22.2. The van der Waals surface area contributed by atoms with Crippen molar-refractivity contribution in [1.82, 2.24) is 4.57 Å². The zero-order valence-electron chi connectivity index (χ0n) is 19.2. The van der Waals surface area contributed by atoms with E-state index in [1.54, 1.807) is 0 Å². The zero-order chi connectivity index (χ0) is 22.1. The Kier molecular flexibility index (Phi) is 3.98. The van der Waals surface area contributed by atoms with Crippen LogP contribution in [0.3, 0.4) is 0 Å². The number of imidazole rings is 1. The molecule has 3 heterocycles. The number of hydrogen-bond acceptors (Lipinski definition) is 1. The molecular formula is C29H29N2O+.